The Morgan fingerprint density at radius 3 is 2.00 bits per heavy atom. The van der Waals surface area contributed by atoms with Gasteiger partial charge in [-0.3, -0.25) is 4.79 Å². The summed E-state index contributed by atoms with van der Waals surface area (Å²) >= 11 is 0. The Labute approximate surface area is 99.2 Å². The third-order valence-corrected chi connectivity index (χ3v) is 4.21. The van der Waals surface area contributed by atoms with Crippen LogP contribution in [0.15, 0.2) is 0 Å². The van der Waals surface area contributed by atoms with Crippen LogP contribution in [0.4, 0.5) is 0 Å². The first kappa shape index (κ1) is 11.9. The Kier molecular flexibility index (Phi) is 2.60. The van der Waals surface area contributed by atoms with Crippen LogP contribution in [0.3, 0.4) is 0 Å². The molecule has 0 radical (unpaired) electrons. The van der Waals surface area contributed by atoms with Crippen molar-refractivity contribution in [2.75, 3.05) is 6.54 Å². The van der Waals surface area contributed by atoms with Gasteiger partial charge in [0.25, 0.3) is 0 Å². The van der Waals surface area contributed by atoms with Crippen molar-refractivity contribution in [3.05, 3.63) is 0 Å². The average molecular weight is 223 g/mol. The highest BCUT2D eigenvalue weighted by atomic mass is 16.1. The smallest absolute Gasteiger partial charge is 0.220 e. The molecule has 16 heavy (non-hydrogen) atoms. The van der Waals surface area contributed by atoms with Gasteiger partial charge in [-0.05, 0) is 41.9 Å². The van der Waals surface area contributed by atoms with Crippen LogP contribution < -0.4 is 5.32 Å². The molecule has 2 heteroatoms. The predicted octanol–water partition coefficient (Wildman–Crippen LogP) is 3.12. The number of hydrogen-bond acceptors (Lipinski definition) is 1. The Morgan fingerprint density at radius 2 is 1.56 bits per heavy atom. The maximum absolute atomic E-state index is 11.3. The number of piperidine rings is 1. The quantitative estimate of drug-likeness (QED) is 0.671. The van der Waals surface area contributed by atoms with Crippen LogP contribution in [0.2, 0.25) is 0 Å². The lowest BCUT2D eigenvalue weighted by Crippen LogP contribution is -2.50. The first-order valence-electron chi connectivity index (χ1n) is 6.49. The number of nitrogens with one attached hydrogen (secondary N) is 1. The molecule has 2 nitrogen and oxygen atoms in total. The molecule has 1 aliphatic carbocycles. The van der Waals surface area contributed by atoms with Gasteiger partial charge in [-0.15, -0.1) is 0 Å². The maximum Gasteiger partial charge on any atom is 0.220 e. The van der Waals surface area contributed by atoms with Crippen LogP contribution in [-0.2, 0) is 4.79 Å². The van der Waals surface area contributed by atoms with Crippen molar-refractivity contribution in [1.82, 2.24) is 5.32 Å². The minimum atomic E-state index is 0.242. The van der Waals surface area contributed by atoms with E-state index in [0.29, 0.717) is 16.2 Å². The number of rotatable bonds is 0. The van der Waals surface area contributed by atoms with Crippen molar-refractivity contribution in [2.24, 2.45) is 16.2 Å². The van der Waals surface area contributed by atoms with Gasteiger partial charge in [-0.1, -0.05) is 27.7 Å². The molecule has 0 aromatic heterocycles. The predicted molar refractivity (Wildman–Crippen MR) is 66.1 cm³/mol. The molecule has 0 bridgehead atoms. The second-order valence-electron chi connectivity index (χ2n) is 7.64. The minimum absolute atomic E-state index is 0.242. The minimum Gasteiger partial charge on any atom is -0.356 e. The molecule has 1 N–H and O–H groups in total. The molecule has 1 saturated heterocycles. The van der Waals surface area contributed by atoms with E-state index in [2.05, 4.69) is 33.0 Å². The second kappa shape index (κ2) is 3.48. The van der Waals surface area contributed by atoms with Crippen LogP contribution in [0, 0.1) is 16.2 Å². The molecule has 2 aliphatic rings. The SMILES string of the molecule is CC1(C)CC(C)(C)CC2(CCC(=O)NC2)C1. The zero-order chi connectivity index (χ0) is 12.0. The molecular weight excluding hydrogens is 198 g/mol. The molecule has 0 aromatic rings. The molecule has 1 aliphatic heterocycles. The van der Waals surface area contributed by atoms with Crippen LogP contribution in [0.5, 0.6) is 0 Å². The van der Waals surface area contributed by atoms with Crippen molar-refractivity contribution in [3.63, 3.8) is 0 Å². The molecule has 0 atom stereocenters. The number of amides is 1. The van der Waals surface area contributed by atoms with Gasteiger partial charge in [0.2, 0.25) is 5.91 Å². The highest BCUT2D eigenvalue weighted by molar-refractivity contribution is 5.76. The molecular formula is C14H25NO. The van der Waals surface area contributed by atoms with Gasteiger partial charge >= 0.3 is 0 Å². The molecule has 2 fully saturated rings. The zero-order valence-electron chi connectivity index (χ0n) is 11.2. The summed E-state index contributed by atoms with van der Waals surface area (Å²) in [7, 11) is 0. The summed E-state index contributed by atoms with van der Waals surface area (Å²) in [5.41, 5.74) is 1.22. The van der Waals surface area contributed by atoms with Crippen LogP contribution in [0.25, 0.3) is 0 Å². The third-order valence-electron chi connectivity index (χ3n) is 4.21. The second-order valence-corrected chi connectivity index (χ2v) is 7.64. The summed E-state index contributed by atoms with van der Waals surface area (Å²) in [6.45, 7) is 10.4. The lowest BCUT2D eigenvalue weighted by atomic mass is 9.53. The first-order valence-corrected chi connectivity index (χ1v) is 6.49. The summed E-state index contributed by atoms with van der Waals surface area (Å²) in [5.74, 6) is 0.242. The normalized spacial score (nSPS) is 31.1. The third kappa shape index (κ3) is 2.41. The van der Waals surface area contributed by atoms with Gasteiger partial charge in [-0.25, -0.2) is 0 Å². The van der Waals surface area contributed by atoms with E-state index >= 15 is 0 Å². The summed E-state index contributed by atoms with van der Waals surface area (Å²) in [6.07, 6.45) is 5.65. The number of hydrogen-bond donors (Lipinski definition) is 1. The summed E-state index contributed by atoms with van der Waals surface area (Å²) in [4.78, 5) is 11.3. The van der Waals surface area contributed by atoms with E-state index in [1.807, 2.05) is 0 Å². The van der Waals surface area contributed by atoms with E-state index in [4.69, 9.17) is 0 Å². The molecule has 0 aromatic carbocycles. The Balaban J connectivity index is 2.18. The summed E-state index contributed by atoms with van der Waals surface area (Å²) in [5, 5.41) is 3.08. The van der Waals surface area contributed by atoms with Gasteiger partial charge in [0.1, 0.15) is 0 Å². The molecule has 2 rings (SSSR count). The fourth-order valence-electron chi connectivity index (χ4n) is 4.66. The molecule has 1 saturated carbocycles. The maximum atomic E-state index is 11.3. The average Bonchev–Trinajstić information content (AvgIpc) is 2.05. The van der Waals surface area contributed by atoms with E-state index in [9.17, 15) is 4.79 Å². The van der Waals surface area contributed by atoms with E-state index in [0.717, 1.165) is 19.4 Å². The lowest BCUT2D eigenvalue weighted by molar-refractivity contribution is -0.127. The molecule has 0 unspecified atom stereocenters. The molecule has 1 spiro atoms. The highest BCUT2D eigenvalue weighted by Gasteiger charge is 2.48. The molecule has 1 heterocycles. The van der Waals surface area contributed by atoms with E-state index < -0.39 is 0 Å². The molecule has 1 amide bonds. The van der Waals surface area contributed by atoms with Crippen LogP contribution >= 0.6 is 0 Å². The van der Waals surface area contributed by atoms with Gasteiger partial charge in [0.05, 0.1) is 0 Å². The van der Waals surface area contributed by atoms with Gasteiger partial charge < -0.3 is 5.32 Å². The number of carbonyl (C=O) groups excluding carboxylic acids is 1. The zero-order valence-corrected chi connectivity index (χ0v) is 11.2. The summed E-state index contributed by atoms with van der Waals surface area (Å²) in [6, 6.07) is 0. The van der Waals surface area contributed by atoms with Crippen molar-refractivity contribution in [3.8, 4) is 0 Å². The van der Waals surface area contributed by atoms with E-state index in [1.54, 1.807) is 0 Å². The monoisotopic (exact) mass is 223 g/mol. The lowest BCUT2D eigenvalue weighted by Gasteiger charge is -2.53. The largest absolute Gasteiger partial charge is 0.356 e. The van der Waals surface area contributed by atoms with Crippen molar-refractivity contribution in [2.45, 2.75) is 59.8 Å². The topological polar surface area (TPSA) is 29.1 Å². The van der Waals surface area contributed by atoms with Crippen molar-refractivity contribution in [1.29, 1.82) is 0 Å². The number of carbonyl (C=O) groups is 1. The van der Waals surface area contributed by atoms with E-state index in [-0.39, 0.29) is 5.91 Å². The highest BCUT2D eigenvalue weighted by Crippen LogP contribution is 2.56. The Hall–Kier alpha value is -0.530. The van der Waals surface area contributed by atoms with Gasteiger partial charge in [-0.2, -0.15) is 0 Å². The van der Waals surface area contributed by atoms with Crippen molar-refractivity contribution < 1.29 is 4.79 Å². The van der Waals surface area contributed by atoms with Gasteiger partial charge in [0, 0.05) is 13.0 Å². The van der Waals surface area contributed by atoms with Crippen molar-refractivity contribution >= 4 is 5.91 Å². The van der Waals surface area contributed by atoms with Gasteiger partial charge in [0.15, 0.2) is 0 Å². The Morgan fingerprint density at radius 1 is 1.00 bits per heavy atom. The first-order chi connectivity index (χ1) is 7.22. The Bertz CT molecular complexity index is 276. The van der Waals surface area contributed by atoms with Crippen LogP contribution in [0.1, 0.15) is 59.8 Å². The fourth-order valence-corrected chi connectivity index (χ4v) is 4.66. The molecule has 92 valence electrons. The fraction of sp³-hybridized carbons (Fsp3) is 0.929. The van der Waals surface area contributed by atoms with E-state index in [1.165, 1.54) is 19.3 Å². The standard InChI is InChI=1S/C14H25NO/c1-12(2)7-13(3,4)9-14(8-12)6-5-11(16)15-10-14/h5-10H2,1-4H3,(H,15,16). The summed E-state index contributed by atoms with van der Waals surface area (Å²) < 4.78 is 0. The van der Waals surface area contributed by atoms with Crippen LogP contribution in [-0.4, -0.2) is 12.5 Å².